The van der Waals surface area contributed by atoms with Crippen LogP contribution in [0.4, 0.5) is 4.79 Å². The van der Waals surface area contributed by atoms with Crippen LogP contribution in [-0.2, 0) is 9.53 Å². The molecule has 2 saturated heterocycles. The number of quaternary nitrogens is 1. The summed E-state index contributed by atoms with van der Waals surface area (Å²) < 4.78 is 7.25. The van der Waals surface area contributed by atoms with E-state index >= 15 is 0 Å². The van der Waals surface area contributed by atoms with Crippen LogP contribution in [0.3, 0.4) is 0 Å². The van der Waals surface area contributed by atoms with Gasteiger partial charge < -0.3 is 9.64 Å². The number of guanidine groups is 1. The van der Waals surface area contributed by atoms with E-state index in [9.17, 15) is 9.59 Å². The van der Waals surface area contributed by atoms with Crippen molar-refractivity contribution in [2.75, 3.05) is 60.5 Å². The van der Waals surface area contributed by atoms with Gasteiger partial charge >= 0.3 is 12.0 Å². The molecule has 3 aliphatic rings. The molecule has 3 heterocycles. The second kappa shape index (κ2) is 6.32. The summed E-state index contributed by atoms with van der Waals surface area (Å²) in [5, 5.41) is 6.63. The number of nitrogens with one attached hydrogen (secondary N) is 3. The summed E-state index contributed by atoms with van der Waals surface area (Å²) in [5.41, 5.74) is 0. The van der Waals surface area contributed by atoms with Crippen LogP contribution < -0.4 is 15.5 Å². The SMILES string of the molecule is CN1C(=O)[C@H]2[C@H](NC(NCC[NH+]3CCOCC3)=[N+]2C)N(C)C1=O. The summed E-state index contributed by atoms with van der Waals surface area (Å²) in [4.78, 5) is 28.7. The summed E-state index contributed by atoms with van der Waals surface area (Å²) >= 11 is 0. The number of urea groups is 1. The van der Waals surface area contributed by atoms with Crippen LogP contribution in [0.2, 0.25) is 0 Å². The van der Waals surface area contributed by atoms with Crippen LogP contribution in [0.5, 0.6) is 0 Å². The van der Waals surface area contributed by atoms with Crippen molar-refractivity contribution in [2.45, 2.75) is 12.2 Å². The van der Waals surface area contributed by atoms with Crippen molar-refractivity contribution in [3.8, 4) is 0 Å². The minimum atomic E-state index is -0.388. The number of fused-ring (bicyclic) bond motifs is 1. The molecule has 9 nitrogen and oxygen atoms in total. The molecule has 2 atom stereocenters. The van der Waals surface area contributed by atoms with Gasteiger partial charge in [-0.3, -0.25) is 29.8 Å². The Morgan fingerprint density at radius 1 is 1.35 bits per heavy atom. The zero-order valence-electron chi connectivity index (χ0n) is 14.0. The highest BCUT2D eigenvalue weighted by Gasteiger charge is 2.52. The molecule has 2 fully saturated rings. The Hall–Kier alpha value is -1.87. The van der Waals surface area contributed by atoms with Crippen molar-refractivity contribution in [1.82, 2.24) is 20.4 Å². The predicted octanol–water partition coefficient (Wildman–Crippen LogP) is -3.69. The quantitative estimate of drug-likeness (QED) is 0.465. The highest BCUT2D eigenvalue weighted by molar-refractivity contribution is 6.01. The van der Waals surface area contributed by atoms with Gasteiger partial charge in [-0.05, 0) is 0 Å². The number of likely N-dealkylation sites (N-methyl/N-ethyl adjacent to an activating group) is 3. The number of ether oxygens (including phenoxy) is 1. The molecule has 0 spiro atoms. The lowest BCUT2D eigenvalue weighted by Crippen LogP contribution is -3.14. The fourth-order valence-corrected chi connectivity index (χ4v) is 3.37. The minimum Gasteiger partial charge on any atom is -0.370 e. The van der Waals surface area contributed by atoms with Crippen LogP contribution in [0, 0.1) is 0 Å². The lowest BCUT2D eigenvalue weighted by molar-refractivity contribution is -0.906. The van der Waals surface area contributed by atoms with Crippen LogP contribution in [0.1, 0.15) is 0 Å². The first kappa shape index (κ1) is 16.0. The fourth-order valence-electron chi connectivity index (χ4n) is 3.37. The first-order valence-corrected chi connectivity index (χ1v) is 8.06. The van der Waals surface area contributed by atoms with Crippen molar-refractivity contribution >= 4 is 17.9 Å². The Balaban J connectivity index is 1.61. The molecule has 3 amide bonds. The van der Waals surface area contributed by atoms with E-state index in [1.165, 1.54) is 16.8 Å². The van der Waals surface area contributed by atoms with Gasteiger partial charge in [0, 0.05) is 14.1 Å². The van der Waals surface area contributed by atoms with E-state index in [0.717, 1.165) is 45.4 Å². The molecule has 9 heteroatoms. The zero-order chi connectivity index (χ0) is 16.6. The number of hydrogen-bond donors (Lipinski definition) is 3. The first-order chi connectivity index (χ1) is 11.0. The Morgan fingerprint density at radius 3 is 2.74 bits per heavy atom. The van der Waals surface area contributed by atoms with Gasteiger partial charge in [0.1, 0.15) is 26.2 Å². The lowest BCUT2D eigenvalue weighted by atomic mass is 10.1. The van der Waals surface area contributed by atoms with Crippen LogP contribution in [0.15, 0.2) is 0 Å². The maximum absolute atomic E-state index is 12.4. The number of rotatable bonds is 3. The summed E-state index contributed by atoms with van der Waals surface area (Å²) in [6, 6.07) is -0.669. The van der Waals surface area contributed by atoms with E-state index in [0.29, 0.717) is 0 Å². The van der Waals surface area contributed by atoms with Gasteiger partial charge in [0.15, 0.2) is 6.17 Å². The zero-order valence-corrected chi connectivity index (χ0v) is 14.0. The van der Waals surface area contributed by atoms with Crippen LogP contribution in [0.25, 0.3) is 0 Å². The maximum atomic E-state index is 12.4. The molecular formula is C14H26N6O3+2. The third-order valence-electron chi connectivity index (χ3n) is 4.91. The van der Waals surface area contributed by atoms with Crippen molar-refractivity contribution in [3.63, 3.8) is 0 Å². The summed E-state index contributed by atoms with van der Waals surface area (Å²) in [7, 11) is 5.11. The van der Waals surface area contributed by atoms with Crippen molar-refractivity contribution in [3.05, 3.63) is 0 Å². The minimum absolute atomic E-state index is 0.177. The second-order valence-electron chi connectivity index (χ2n) is 6.32. The van der Waals surface area contributed by atoms with E-state index in [1.54, 1.807) is 11.9 Å². The van der Waals surface area contributed by atoms with Crippen molar-refractivity contribution in [1.29, 1.82) is 0 Å². The van der Waals surface area contributed by atoms with Gasteiger partial charge in [0.2, 0.25) is 6.04 Å². The third-order valence-corrected chi connectivity index (χ3v) is 4.91. The standard InChI is InChI=1S/C14H24N6O3/c1-17-10-11(18(2)14(22)19(3)12(10)21)16-13(17)15-4-5-20-6-8-23-9-7-20/h10-11H,4-9H2,1-3H3,(H,15,16)/p+2/t10-,11-/m1/s1. The molecule has 0 radical (unpaired) electrons. The van der Waals surface area contributed by atoms with Gasteiger partial charge in [0.05, 0.1) is 20.3 Å². The van der Waals surface area contributed by atoms with E-state index in [2.05, 4.69) is 10.6 Å². The Kier molecular flexibility index (Phi) is 4.40. The molecule has 23 heavy (non-hydrogen) atoms. The highest BCUT2D eigenvalue weighted by atomic mass is 16.5. The fraction of sp³-hybridized carbons (Fsp3) is 0.786. The molecule has 3 rings (SSSR count). The predicted molar refractivity (Wildman–Crippen MR) is 82.2 cm³/mol. The lowest BCUT2D eigenvalue weighted by Gasteiger charge is -2.35. The molecule has 3 aliphatic heterocycles. The third kappa shape index (κ3) is 2.86. The van der Waals surface area contributed by atoms with Gasteiger partial charge in [-0.2, -0.15) is 0 Å². The molecule has 0 aromatic heterocycles. The first-order valence-electron chi connectivity index (χ1n) is 8.06. The Morgan fingerprint density at radius 2 is 2.04 bits per heavy atom. The summed E-state index contributed by atoms with van der Waals surface area (Å²) in [6.07, 6.45) is -0.325. The van der Waals surface area contributed by atoms with E-state index < -0.39 is 0 Å². The normalized spacial score (nSPS) is 29.0. The molecule has 0 aromatic rings. The molecule has 128 valence electrons. The number of morpholine rings is 1. The number of amides is 3. The molecule has 0 bridgehead atoms. The van der Waals surface area contributed by atoms with Gasteiger partial charge in [-0.1, -0.05) is 0 Å². The average molecular weight is 326 g/mol. The topological polar surface area (TPSA) is 81.4 Å². The van der Waals surface area contributed by atoms with Crippen molar-refractivity contribution < 1.29 is 23.8 Å². The monoisotopic (exact) mass is 326 g/mol. The summed E-state index contributed by atoms with van der Waals surface area (Å²) in [5.74, 6) is 0.625. The Labute approximate surface area is 135 Å². The Bertz CT molecular complexity index is 531. The van der Waals surface area contributed by atoms with E-state index in [-0.39, 0.29) is 24.1 Å². The largest absolute Gasteiger partial charge is 0.370 e. The molecule has 3 N–H and O–H groups in total. The molecule has 0 aromatic carbocycles. The van der Waals surface area contributed by atoms with Gasteiger partial charge in [-0.15, -0.1) is 0 Å². The van der Waals surface area contributed by atoms with Crippen LogP contribution >= 0.6 is 0 Å². The molecular weight excluding hydrogens is 300 g/mol. The smallest absolute Gasteiger partial charge is 0.348 e. The van der Waals surface area contributed by atoms with Gasteiger partial charge in [0.25, 0.3) is 5.91 Å². The number of imide groups is 1. The summed E-state index contributed by atoms with van der Waals surface area (Å²) in [6.45, 7) is 5.52. The molecule has 0 saturated carbocycles. The van der Waals surface area contributed by atoms with E-state index in [1.807, 2.05) is 11.6 Å². The number of carbonyl (C=O) groups excluding carboxylic acids is 2. The number of carbonyl (C=O) groups is 2. The number of nitrogens with zero attached hydrogens (tertiary/aromatic N) is 3. The maximum Gasteiger partial charge on any atom is 0.348 e. The molecule has 0 unspecified atom stereocenters. The second-order valence-corrected chi connectivity index (χ2v) is 6.32. The highest BCUT2D eigenvalue weighted by Crippen LogP contribution is 2.18. The van der Waals surface area contributed by atoms with Gasteiger partial charge in [-0.25, -0.2) is 4.79 Å². The number of hydrogen-bond acceptors (Lipinski definition) is 5. The average Bonchev–Trinajstić information content (AvgIpc) is 2.89. The van der Waals surface area contributed by atoms with Crippen LogP contribution in [-0.4, -0.2) is 105 Å². The molecule has 0 aliphatic carbocycles. The van der Waals surface area contributed by atoms with E-state index in [4.69, 9.17) is 4.74 Å². The van der Waals surface area contributed by atoms with Crippen molar-refractivity contribution in [2.24, 2.45) is 0 Å².